The molecule has 2 aromatic carbocycles. The van der Waals surface area contributed by atoms with E-state index in [9.17, 15) is 33.2 Å². The van der Waals surface area contributed by atoms with Crippen molar-refractivity contribution in [1.29, 1.82) is 0 Å². The number of nitro benzene ring substituents is 1. The predicted molar refractivity (Wildman–Crippen MR) is 92.9 cm³/mol. The topological polar surface area (TPSA) is 96.0 Å². The zero-order chi connectivity index (χ0) is 20.7. The summed E-state index contributed by atoms with van der Waals surface area (Å²) in [5.41, 5.74) is -4.44. The van der Waals surface area contributed by atoms with Gasteiger partial charge >= 0.3 is 6.18 Å². The zero-order valence-electron chi connectivity index (χ0n) is 13.9. The number of amides is 1. The molecule has 1 heterocycles. The normalized spacial score (nSPS) is 19.5. The van der Waals surface area contributed by atoms with Crippen LogP contribution in [0.1, 0.15) is 22.3 Å². The first-order chi connectivity index (χ1) is 13.0. The first-order valence-corrected chi connectivity index (χ1v) is 8.12. The van der Waals surface area contributed by atoms with Gasteiger partial charge in [0.05, 0.1) is 17.1 Å². The molecule has 146 valence electrons. The minimum atomic E-state index is -5.22. The van der Waals surface area contributed by atoms with E-state index in [1.165, 1.54) is 24.3 Å². The van der Waals surface area contributed by atoms with Crippen LogP contribution in [0.2, 0.25) is 5.02 Å². The van der Waals surface area contributed by atoms with Crippen molar-refractivity contribution >= 4 is 28.9 Å². The Morgan fingerprint density at radius 2 is 1.89 bits per heavy atom. The van der Waals surface area contributed by atoms with Gasteiger partial charge in [-0.15, -0.1) is 0 Å². The Balaban J connectivity index is 2.05. The molecule has 0 aromatic heterocycles. The number of alkyl halides is 3. The third kappa shape index (κ3) is 3.43. The molecule has 1 aliphatic heterocycles. The van der Waals surface area contributed by atoms with Crippen LogP contribution in [0.15, 0.2) is 53.6 Å². The van der Waals surface area contributed by atoms with Gasteiger partial charge < -0.3 is 5.11 Å². The number of hydrazone groups is 1. The summed E-state index contributed by atoms with van der Waals surface area (Å²) in [6.45, 7) is 0. The molecule has 0 bridgehead atoms. The summed E-state index contributed by atoms with van der Waals surface area (Å²) in [7, 11) is 0. The monoisotopic (exact) mass is 413 g/mol. The number of halogens is 4. The van der Waals surface area contributed by atoms with Crippen molar-refractivity contribution in [2.24, 2.45) is 5.10 Å². The molecule has 1 unspecified atom stereocenters. The average molecular weight is 414 g/mol. The van der Waals surface area contributed by atoms with Crippen molar-refractivity contribution in [3.05, 3.63) is 74.8 Å². The highest BCUT2D eigenvalue weighted by Crippen LogP contribution is 2.42. The summed E-state index contributed by atoms with van der Waals surface area (Å²) in [6.07, 6.45) is -6.22. The Kier molecular flexibility index (Phi) is 4.86. The lowest BCUT2D eigenvalue weighted by Gasteiger charge is -2.32. The van der Waals surface area contributed by atoms with E-state index in [4.69, 9.17) is 11.6 Å². The van der Waals surface area contributed by atoms with Gasteiger partial charge in [0.15, 0.2) is 0 Å². The number of rotatable bonds is 3. The van der Waals surface area contributed by atoms with E-state index in [0.29, 0.717) is 5.02 Å². The molecular formula is C17H11ClF3N3O4. The number of nitro groups is 1. The maximum atomic E-state index is 13.6. The molecule has 7 nitrogen and oxygen atoms in total. The van der Waals surface area contributed by atoms with Crippen LogP contribution < -0.4 is 0 Å². The minimum Gasteiger partial charge on any atom is -0.362 e. The number of benzene rings is 2. The second-order valence-corrected chi connectivity index (χ2v) is 6.41. The van der Waals surface area contributed by atoms with Crippen molar-refractivity contribution in [3.63, 3.8) is 0 Å². The molecule has 2 aromatic rings. The molecular weight excluding hydrogens is 403 g/mol. The maximum absolute atomic E-state index is 13.6. The predicted octanol–water partition coefficient (Wildman–Crippen LogP) is 3.75. The molecule has 1 atom stereocenters. The third-order valence-electron chi connectivity index (χ3n) is 4.11. The summed E-state index contributed by atoms with van der Waals surface area (Å²) < 4.78 is 40.8. The number of carbonyl (C=O) groups excluding carboxylic acids is 1. The van der Waals surface area contributed by atoms with Crippen LogP contribution >= 0.6 is 11.6 Å². The van der Waals surface area contributed by atoms with Crippen LogP contribution in [0.4, 0.5) is 18.9 Å². The van der Waals surface area contributed by atoms with Crippen LogP contribution in [0.5, 0.6) is 0 Å². The van der Waals surface area contributed by atoms with Gasteiger partial charge in [-0.3, -0.25) is 14.9 Å². The Morgan fingerprint density at radius 1 is 1.25 bits per heavy atom. The van der Waals surface area contributed by atoms with Crippen LogP contribution in [0, 0.1) is 10.1 Å². The largest absolute Gasteiger partial charge is 0.438 e. The van der Waals surface area contributed by atoms with Crippen molar-refractivity contribution in [1.82, 2.24) is 5.01 Å². The highest BCUT2D eigenvalue weighted by Gasteiger charge is 2.63. The summed E-state index contributed by atoms with van der Waals surface area (Å²) >= 11 is 5.76. The lowest BCUT2D eigenvalue weighted by molar-refractivity contribution is -0.384. The number of hydrogen-bond donors (Lipinski definition) is 1. The Bertz CT molecular complexity index is 978. The average Bonchev–Trinajstić information content (AvgIpc) is 3.00. The maximum Gasteiger partial charge on any atom is 0.438 e. The van der Waals surface area contributed by atoms with Crippen molar-refractivity contribution in [2.75, 3.05) is 0 Å². The van der Waals surface area contributed by atoms with Gasteiger partial charge in [-0.05, 0) is 23.8 Å². The summed E-state index contributed by atoms with van der Waals surface area (Å²) in [6, 6.07) is 9.81. The van der Waals surface area contributed by atoms with Crippen LogP contribution in [-0.4, -0.2) is 38.6 Å². The molecule has 0 aliphatic carbocycles. The number of nitrogens with zero attached hydrogens (tertiary/aromatic N) is 3. The van der Waals surface area contributed by atoms with Gasteiger partial charge in [0.25, 0.3) is 17.3 Å². The second-order valence-electron chi connectivity index (χ2n) is 5.97. The van der Waals surface area contributed by atoms with Gasteiger partial charge in [0.2, 0.25) is 0 Å². The van der Waals surface area contributed by atoms with E-state index < -0.39 is 40.4 Å². The van der Waals surface area contributed by atoms with Crippen LogP contribution in [-0.2, 0) is 0 Å². The van der Waals surface area contributed by atoms with Crippen molar-refractivity contribution < 1.29 is 28.0 Å². The molecule has 0 fully saturated rings. The van der Waals surface area contributed by atoms with Gasteiger partial charge in [-0.2, -0.15) is 23.3 Å². The third-order valence-corrected chi connectivity index (χ3v) is 4.36. The second kappa shape index (κ2) is 6.88. The number of aliphatic hydroxyl groups is 1. The van der Waals surface area contributed by atoms with Crippen LogP contribution in [0.3, 0.4) is 0 Å². The fraction of sp³-hybridized carbons (Fsp3) is 0.176. The highest BCUT2D eigenvalue weighted by atomic mass is 35.5. The molecule has 0 saturated carbocycles. The van der Waals surface area contributed by atoms with E-state index in [2.05, 4.69) is 5.10 Å². The minimum absolute atomic E-state index is 0.0873. The number of non-ortho nitro benzene ring substituents is 1. The molecule has 0 radical (unpaired) electrons. The smallest absolute Gasteiger partial charge is 0.362 e. The first-order valence-electron chi connectivity index (χ1n) is 7.74. The lowest BCUT2D eigenvalue weighted by Crippen LogP contribution is -2.56. The Hall–Kier alpha value is -2.98. The molecule has 1 amide bonds. The first kappa shape index (κ1) is 19.8. The van der Waals surface area contributed by atoms with E-state index in [1.807, 2.05) is 0 Å². The van der Waals surface area contributed by atoms with Crippen molar-refractivity contribution in [3.8, 4) is 0 Å². The van der Waals surface area contributed by atoms with Gasteiger partial charge in [0.1, 0.15) is 0 Å². The van der Waals surface area contributed by atoms with E-state index in [0.717, 1.165) is 24.3 Å². The fourth-order valence-electron chi connectivity index (χ4n) is 2.66. The fourth-order valence-corrected chi connectivity index (χ4v) is 2.78. The zero-order valence-corrected chi connectivity index (χ0v) is 14.6. The SMILES string of the molecule is O=C(c1cccc([N+](=O)[O-])c1)N1N=C(c2ccc(Cl)cc2)CC1(O)C(F)(F)F. The summed E-state index contributed by atoms with van der Waals surface area (Å²) in [5, 5.41) is 25.1. The van der Waals surface area contributed by atoms with Gasteiger partial charge in [-0.25, -0.2) is 0 Å². The standard InChI is InChI=1S/C17H11ClF3N3O4/c18-12-6-4-10(5-7-12)14-9-16(26,17(19,20)21)23(22-14)15(25)11-2-1-3-13(8-11)24(27)28/h1-8,26H,9H2. The quantitative estimate of drug-likeness (QED) is 0.612. The summed E-state index contributed by atoms with van der Waals surface area (Å²) in [4.78, 5) is 22.7. The molecule has 1 aliphatic rings. The molecule has 0 spiro atoms. The van der Waals surface area contributed by atoms with E-state index in [1.54, 1.807) is 0 Å². The highest BCUT2D eigenvalue weighted by molar-refractivity contribution is 6.30. The summed E-state index contributed by atoms with van der Waals surface area (Å²) in [5.74, 6) is -1.33. The van der Waals surface area contributed by atoms with Gasteiger partial charge in [-0.1, -0.05) is 29.8 Å². The Labute approximate surface area is 160 Å². The molecule has 28 heavy (non-hydrogen) atoms. The van der Waals surface area contributed by atoms with E-state index >= 15 is 0 Å². The Morgan fingerprint density at radius 3 is 2.46 bits per heavy atom. The molecule has 3 rings (SSSR count). The molecule has 11 heteroatoms. The lowest BCUT2D eigenvalue weighted by atomic mass is 10.0. The van der Waals surface area contributed by atoms with Crippen molar-refractivity contribution in [2.45, 2.75) is 18.3 Å². The number of carbonyl (C=O) groups is 1. The van der Waals surface area contributed by atoms with E-state index in [-0.39, 0.29) is 16.3 Å². The molecule has 1 N–H and O–H groups in total. The van der Waals surface area contributed by atoms with Crippen LogP contribution in [0.25, 0.3) is 0 Å². The molecule has 0 saturated heterocycles. The number of hydrogen-bond acceptors (Lipinski definition) is 5. The van der Waals surface area contributed by atoms with Gasteiger partial charge in [0, 0.05) is 22.7 Å².